The molecule has 0 aromatic heterocycles. The number of aliphatic hydroxyl groups is 1. The molecule has 0 aromatic rings. The summed E-state index contributed by atoms with van der Waals surface area (Å²) in [7, 11) is -9.64. The molecule has 13 heteroatoms. The van der Waals surface area contributed by atoms with Crippen LogP contribution in [0.5, 0.6) is 0 Å². The fraction of sp³-hybridized carbons (Fsp3) is 0.926. The van der Waals surface area contributed by atoms with Crippen LogP contribution in [0.1, 0.15) is 91.4 Å². The molecule has 9 nitrogen and oxygen atoms in total. The molecule has 0 aliphatic heterocycles. The first-order valence-electron chi connectivity index (χ1n) is 14.1. The maximum absolute atomic E-state index is 11.3. The Labute approximate surface area is 285 Å². The summed E-state index contributed by atoms with van der Waals surface area (Å²) in [6.07, 6.45) is 7.31. The maximum Gasteiger partial charge on any atom is 1.00 e. The summed E-state index contributed by atoms with van der Waals surface area (Å²) in [5, 5.41) is 11.1. The summed E-state index contributed by atoms with van der Waals surface area (Å²) in [5.74, 6) is 1.45. The number of allylic oxidation sites excluding steroid dienone is 1. The van der Waals surface area contributed by atoms with E-state index in [1.807, 2.05) is 6.92 Å². The maximum atomic E-state index is 11.3. The van der Waals surface area contributed by atoms with E-state index in [1.165, 1.54) is 0 Å². The van der Waals surface area contributed by atoms with Crippen molar-refractivity contribution in [3.8, 4) is 0 Å². The van der Waals surface area contributed by atoms with Crippen LogP contribution in [-0.2, 0) is 29.2 Å². The molecule has 40 heavy (non-hydrogen) atoms. The van der Waals surface area contributed by atoms with Gasteiger partial charge in [0.2, 0.25) is 20.8 Å². The van der Waals surface area contributed by atoms with E-state index in [0.717, 1.165) is 63.4 Å². The van der Waals surface area contributed by atoms with Crippen molar-refractivity contribution in [2.45, 2.75) is 104 Å². The van der Waals surface area contributed by atoms with Gasteiger partial charge in [0.15, 0.2) is 0 Å². The van der Waals surface area contributed by atoms with E-state index >= 15 is 0 Å². The summed E-state index contributed by atoms with van der Waals surface area (Å²) in [6, 6.07) is 0. The van der Waals surface area contributed by atoms with Gasteiger partial charge in [-0.3, -0.25) is 8.37 Å². The monoisotopic (exact) mass is 622 g/mol. The summed E-state index contributed by atoms with van der Waals surface area (Å²) in [4.78, 5) is 0. The van der Waals surface area contributed by atoms with Gasteiger partial charge in [0.05, 0.1) is 12.7 Å². The number of aliphatic hydroxyl groups excluding tert-OH is 1. The normalized spacial score (nSPS) is 40.0. The fourth-order valence-electron chi connectivity index (χ4n) is 9.61. The second kappa shape index (κ2) is 14.3. The molecule has 4 aliphatic rings. The molecule has 4 rings (SSSR count). The number of rotatable bonds is 10. The molecule has 10 atom stereocenters. The first kappa shape index (κ1) is 37.6. The van der Waals surface area contributed by atoms with E-state index in [0.29, 0.717) is 30.6 Å². The van der Waals surface area contributed by atoms with Crippen molar-refractivity contribution in [1.29, 1.82) is 0 Å². The van der Waals surface area contributed by atoms with Crippen LogP contribution in [0.25, 0.3) is 0 Å². The minimum Gasteiger partial charge on any atom is -0.726 e. The summed E-state index contributed by atoms with van der Waals surface area (Å²) in [5.41, 5.74) is 0.941. The molecule has 4 saturated carbocycles. The van der Waals surface area contributed by atoms with Crippen LogP contribution in [0.3, 0.4) is 0 Å². The van der Waals surface area contributed by atoms with Crippen LogP contribution < -0.4 is 59.1 Å². The second-order valence-corrected chi connectivity index (χ2v) is 15.2. The van der Waals surface area contributed by atoms with Crippen molar-refractivity contribution in [2.75, 3.05) is 6.61 Å². The van der Waals surface area contributed by atoms with Gasteiger partial charge in [-0.15, -0.1) is 6.58 Å². The van der Waals surface area contributed by atoms with Gasteiger partial charge < -0.3 is 14.2 Å². The molecule has 1 N–H and O–H groups in total. The van der Waals surface area contributed by atoms with Crippen molar-refractivity contribution < 1.29 is 98.5 Å². The molecule has 0 heterocycles. The third kappa shape index (κ3) is 8.17. The van der Waals surface area contributed by atoms with Gasteiger partial charge in [0.1, 0.15) is 6.10 Å². The molecular formula is C27H44Na2O9S2. The molecule has 0 amide bonds. The third-order valence-corrected chi connectivity index (χ3v) is 12.1. The van der Waals surface area contributed by atoms with E-state index in [4.69, 9.17) is 8.37 Å². The van der Waals surface area contributed by atoms with Crippen molar-refractivity contribution in [3.63, 3.8) is 0 Å². The van der Waals surface area contributed by atoms with Gasteiger partial charge >= 0.3 is 59.1 Å². The minimum atomic E-state index is -4.88. The van der Waals surface area contributed by atoms with Crippen molar-refractivity contribution >= 4 is 20.8 Å². The van der Waals surface area contributed by atoms with Crippen molar-refractivity contribution in [3.05, 3.63) is 12.2 Å². The zero-order valence-electron chi connectivity index (χ0n) is 24.8. The predicted octanol–water partition coefficient (Wildman–Crippen LogP) is -1.69. The molecule has 0 spiro atoms. The molecule has 4 fully saturated rings. The Kier molecular flexibility index (Phi) is 13.4. The van der Waals surface area contributed by atoms with Crippen LogP contribution in [0.15, 0.2) is 12.2 Å². The molecular weight excluding hydrogens is 578 g/mol. The van der Waals surface area contributed by atoms with Gasteiger partial charge in [0.25, 0.3) is 0 Å². The Morgan fingerprint density at radius 2 is 1.52 bits per heavy atom. The van der Waals surface area contributed by atoms with Crippen LogP contribution in [0, 0.1) is 46.3 Å². The van der Waals surface area contributed by atoms with E-state index in [1.54, 1.807) is 0 Å². The molecule has 0 bridgehead atoms. The quantitative estimate of drug-likeness (QED) is 0.130. The Morgan fingerprint density at radius 3 is 2.12 bits per heavy atom. The molecule has 0 aromatic carbocycles. The first-order chi connectivity index (χ1) is 17.6. The van der Waals surface area contributed by atoms with E-state index in [2.05, 4.69) is 20.4 Å². The van der Waals surface area contributed by atoms with Gasteiger partial charge in [-0.25, -0.2) is 16.8 Å². The molecule has 0 saturated heterocycles. The minimum absolute atomic E-state index is 0. The van der Waals surface area contributed by atoms with Gasteiger partial charge in [0, 0.05) is 0 Å². The van der Waals surface area contributed by atoms with Crippen LogP contribution in [-0.4, -0.2) is 49.9 Å². The molecule has 1 unspecified atom stereocenters. The molecule has 220 valence electrons. The predicted molar refractivity (Wildman–Crippen MR) is 139 cm³/mol. The SMILES string of the molecule is C=C(C)CCC[C@@H](COS(=O)(=O)[O-])[C@H]1CC[C@H]2[C@@H]3CCC4[C@H](O)[C@H](OS(=O)(=O)[O-])CC[C@]4(C)[C@H]3CC[C@]12C.[Na+].[Na+]. The smallest absolute Gasteiger partial charge is 0.726 e. The van der Waals surface area contributed by atoms with Crippen LogP contribution >= 0.6 is 0 Å². The zero-order chi connectivity index (χ0) is 28.1. The molecule has 0 radical (unpaired) electrons. The molecule has 4 aliphatic carbocycles. The van der Waals surface area contributed by atoms with E-state index in [-0.39, 0.29) is 94.3 Å². The van der Waals surface area contributed by atoms with E-state index < -0.39 is 33.0 Å². The van der Waals surface area contributed by atoms with Crippen LogP contribution in [0.4, 0.5) is 0 Å². The Morgan fingerprint density at radius 1 is 0.925 bits per heavy atom. The number of hydrogen-bond donors (Lipinski definition) is 1. The second-order valence-electron chi connectivity index (χ2n) is 13.2. The third-order valence-electron chi connectivity index (χ3n) is 11.2. The van der Waals surface area contributed by atoms with Crippen LogP contribution in [0.2, 0.25) is 0 Å². The largest absolute Gasteiger partial charge is 1.00 e. The summed E-state index contributed by atoms with van der Waals surface area (Å²) < 4.78 is 77.1. The van der Waals surface area contributed by atoms with Crippen molar-refractivity contribution in [2.24, 2.45) is 46.3 Å². The Hall–Kier alpha value is 1.44. The first-order valence-corrected chi connectivity index (χ1v) is 16.8. The van der Waals surface area contributed by atoms with Gasteiger partial charge in [-0.05, 0) is 124 Å². The number of fused-ring (bicyclic) bond motifs is 5. The topological polar surface area (TPSA) is 153 Å². The average Bonchev–Trinajstić information content (AvgIpc) is 3.14. The standard InChI is InChI=1S/C27H46O9S2.2Na/c1-17(2)6-5-7-18(16-35-37(29,30)31)20-10-11-21-19-8-9-23-25(28)24(36-38(32,33)34)13-15-27(23,4)22(19)12-14-26(20,21)3;;/h18-25,28H,1,5-16H2,2-4H3,(H,29,30,31)(H,32,33,34);;/q;2*+1/p-2/t18-,19-,20+,21-,22-,23?,24+,25-,26+,27+;;/m0../s1. The fourth-order valence-corrected chi connectivity index (χ4v) is 10.5. The van der Waals surface area contributed by atoms with Crippen molar-refractivity contribution in [1.82, 2.24) is 0 Å². The summed E-state index contributed by atoms with van der Waals surface area (Å²) >= 11 is 0. The summed E-state index contributed by atoms with van der Waals surface area (Å²) in [6.45, 7) is 10.5. The Bertz CT molecular complexity index is 1100. The van der Waals surface area contributed by atoms with E-state index in [9.17, 15) is 31.0 Å². The van der Waals surface area contributed by atoms with Gasteiger partial charge in [-0.2, -0.15) is 0 Å². The number of hydrogen-bond acceptors (Lipinski definition) is 9. The Balaban J connectivity index is 0.00000280. The van der Waals surface area contributed by atoms with Gasteiger partial charge in [-0.1, -0.05) is 19.4 Å². The average molecular weight is 623 g/mol. The zero-order valence-corrected chi connectivity index (χ0v) is 30.5.